The third-order valence-electron chi connectivity index (χ3n) is 9.18. The highest BCUT2D eigenvalue weighted by Crippen LogP contribution is 2.19. The number of carbonyl (C=O) groups excluding carboxylic acids is 1. The van der Waals surface area contributed by atoms with Gasteiger partial charge in [-0.05, 0) is 70.6 Å². The van der Waals surface area contributed by atoms with Gasteiger partial charge in [0.25, 0.3) is 0 Å². The van der Waals surface area contributed by atoms with Gasteiger partial charge >= 0.3 is 11.9 Å². The Hall–Kier alpha value is -1.58. The molecule has 1 unspecified atom stereocenters. The Kier molecular flexibility index (Phi) is 36.6. The van der Waals surface area contributed by atoms with Crippen molar-refractivity contribution in [2.24, 2.45) is 0 Å². The van der Waals surface area contributed by atoms with Crippen LogP contribution in [0.2, 0.25) is 0 Å². The van der Waals surface area contributed by atoms with Crippen LogP contribution in [0.3, 0.4) is 0 Å². The third-order valence-corrected chi connectivity index (χ3v) is 9.18. The van der Waals surface area contributed by atoms with E-state index < -0.39 is 5.97 Å². The van der Waals surface area contributed by atoms with E-state index >= 15 is 0 Å². The maximum Gasteiger partial charge on any atom is 0.306 e. The van der Waals surface area contributed by atoms with Gasteiger partial charge in [0.1, 0.15) is 6.10 Å². The highest BCUT2D eigenvalue weighted by Gasteiger charge is 2.14. The number of allylic oxidation sites excluding steroid dienone is 4. The molecule has 0 radical (unpaired) electrons. The summed E-state index contributed by atoms with van der Waals surface area (Å²) in [5, 5.41) is 8.77. The molecule has 0 amide bonds. The van der Waals surface area contributed by atoms with Crippen LogP contribution in [0.5, 0.6) is 0 Å². The first-order valence-electron chi connectivity index (χ1n) is 20.3. The molecule has 0 rings (SSSR count). The SMILES string of the molecule is CCCCC/C=C\C/C=C\CCCCCCCC(=O)OC(CCCCCCCCCCCCC)CCCCCCCCCC(=O)O. The molecule has 0 saturated carbocycles. The van der Waals surface area contributed by atoms with Crippen molar-refractivity contribution in [2.45, 2.75) is 232 Å². The van der Waals surface area contributed by atoms with Crippen molar-refractivity contribution in [1.29, 1.82) is 0 Å². The van der Waals surface area contributed by atoms with E-state index in [1.54, 1.807) is 0 Å². The predicted octanol–water partition coefficient (Wildman–Crippen LogP) is 14.0. The van der Waals surface area contributed by atoms with E-state index in [0.29, 0.717) is 12.8 Å². The minimum Gasteiger partial charge on any atom is -0.481 e. The lowest BCUT2D eigenvalue weighted by Crippen LogP contribution is -2.18. The van der Waals surface area contributed by atoms with Crippen LogP contribution in [0, 0.1) is 0 Å². The smallest absolute Gasteiger partial charge is 0.306 e. The van der Waals surface area contributed by atoms with Gasteiger partial charge in [0.05, 0.1) is 0 Å². The molecular formula is C42H78O4. The van der Waals surface area contributed by atoms with Crippen molar-refractivity contribution < 1.29 is 19.4 Å². The number of rotatable bonds is 37. The Morgan fingerprint density at radius 3 is 1.33 bits per heavy atom. The lowest BCUT2D eigenvalue weighted by atomic mass is 10.0. The van der Waals surface area contributed by atoms with Gasteiger partial charge in [0.15, 0.2) is 0 Å². The molecular weight excluding hydrogens is 568 g/mol. The summed E-state index contributed by atoms with van der Waals surface area (Å²) in [6.07, 6.45) is 47.7. The van der Waals surface area contributed by atoms with E-state index in [0.717, 1.165) is 64.2 Å². The molecule has 0 heterocycles. The molecule has 0 bridgehead atoms. The minimum absolute atomic E-state index is 0.0113. The number of hydrogen-bond acceptors (Lipinski definition) is 3. The minimum atomic E-state index is -0.686. The molecule has 1 N–H and O–H groups in total. The van der Waals surface area contributed by atoms with Crippen LogP contribution in [-0.2, 0) is 14.3 Å². The molecule has 270 valence electrons. The number of esters is 1. The van der Waals surface area contributed by atoms with E-state index in [4.69, 9.17) is 9.84 Å². The van der Waals surface area contributed by atoms with E-state index in [9.17, 15) is 9.59 Å². The number of carboxylic acid groups (broad SMARTS) is 1. The highest BCUT2D eigenvalue weighted by atomic mass is 16.5. The topological polar surface area (TPSA) is 63.6 Å². The Morgan fingerprint density at radius 1 is 0.478 bits per heavy atom. The summed E-state index contributed by atoms with van der Waals surface area (Å²) in [6, 6.07) is 0. The summed E-state index contributed by atoms with van der Waals surface area (Å²) >= 11 is 0. The molecule has 0 saturated heterocycles. The summed E-state index contributed by atoms with van der Waals surface area (Å²) in [5.74, 6) is -0.675. The van der Waals surface area contributed by atoms with Gasteiger partial charge in [-0.1, -0.05) is 167 Å². The van der Waals surface area contributed by atoms with Crippen molar-refractivity contribution >= 4 is 11.9 Å². The third kappa shape index (κ3) is 36.9. The first kappa shape index (κ1) is 44.4. The molecule has 4 heteroatoms. The molecule has 46 heavy (non-hydrogen) atoms. The second-order valence-electron chi connectivity index (χ2n) is 13.8. The quantitative estimate of drug-likeness (QED) is 0.0414. The lowest BCUT2D eigenvalue weighted by molar-refractivity contribution is -0.150. The zero-order chi connectivity index (χ0) is 33.6. The van der Waals surface area contributed by atoms with Crippen LogP contribution in [0.1, 0.15) is 226 Å². The average molecular weight is 647 g/mol. The number of carboxylic acids is 1. The highest BCUT2D eigenvalue weighted by molar-refractivity contribution is 5.69. The van der Waals surface area contributed by atoms with E-state index in [-0.39, 0.29) is 12.1 Å². The zero-order valence-electron chi connectivity index (χ0n) is 30.9. The Balaban J connectivity index is 4.09. The number of carbonyl (C=O) groups is 2. The summed E-state index contributed by atoms with van der Waals surface area (Å²) in [7, 11) is 0. The predicted molar refractivity (Wildman–Crippen MR) is 200 cm³/mol. The van der Waals surface area contributed by atoms with Crippen molar-refractivity contribution in [2.75, 3.05) is 0 Å². The number of ether oxygens (including phenoxy) is 1. The molecule has 0 aliphatic rings. The van der Waals surface area contributed by atoms with E-state index in [1.807, 2.05) is 0 Å². The summed E-state index contributed by atoms with van der Waals surface area (Å²) in [5.41, 5.74) is 0. The summed E-state index contributed by atoms with van der Waals surface area (Å²) in [4.78, 5) is 23.3. The normalized spacial score (nSPS) is 12.4. The average Bonchev–Trinajstić information content (AvgIpc) is 3.04. The van der Waals surface area contributed by atoms with Gasteiger partial charge in [-0.2, -0.15) is 0 Å². The second-order valence-corrected chi connectivity index (χ2v) is 13.8. The van der Waals surface area contributed by atoms with Gasteiger partial charge in [0.2, 0.25) is 0 Å². The molecule has 0 aliphatic carbocycles. The Labute approximate surface area is 287 Å². The maximum atomic E-state index is 12.7. The lowest BCUT2D eigenvalue weighted by Gasteiger charge is -2.18. The van der Waals surface area contributed by atoms with Crippen LogP contribution in [0.25, 0.3) is 0 Å². The van der Waals surface area contributed by atoms with Crippen molar-refractivity contribution in [3.05, 3.63) is 24.3 Å². The Morgan fingerprint density at radius 2 is 0.848 bits per heavy atom. The van der Waals surface area contributed by atoms with Crippen molar-refractivity contribution in [3.8, 4) is 0 Å². The van der Waals surface area contributed by atoms with Crippen molar-refractivity contribution in [3.63, 3.8) is 0 Å². The molecule has 4 nitrogen and oxygen atoms in total. The van der Waals surface area contributed by atoms with E-state index in [1.165, 1.54) is 135 Å². The standard InChI is InChI=1S/C42H78O4/c1-3-5-7-9-11-13-15-16-17-18-20-22-27-31-35-39-42(45)46-40(37-33-29-25-23-26-30-34-38-41(43)44)36-32-28-24-21-19-14-12-10-8-6-4-2/h11,13,16-17,40H,3-10,12,14-15,18-39H2,1-2H3,(H,43,44)/b13-11-,17-16-. The molecule has 0 fully saturated rings. The largest absolute Gasteiger partial charge is 0.481 e. The number of hydrogen-bond donors (Lipinski definition) is 1. The summed E-state index contributed by atoms with van der Waals surface area (Å²) in [6.45, 7) is 4.53. The monoisotopic (exact) mass is 647 g/mol. The second kappa shape index (κ2) is 37.9. The molecule has 0 aliphatic heterocycles. The fourth-order valence-electron chi connectivity index (χ4n) is 6.16. The van der Waals surface area contributed by atoms with Gasteiger partial charge in [-0.25, -0.2) is 0 Å². The van der Waals surface area contributed by atoms with Gasteiger partial charge in [-0.15, -0.1) is 0 Å². The molecule has 0 aromatic rings. The summed E-state index contributed by atoms with van der Waals surface area (Å²) < 4.78 is 6.03. The first-order chi connectivity index (χ1) is 22.6. The number of aliphatic carboxylic acids is 1. The van der Waals surface area contributed by atoms with Crippen LogP contribution >= 0.6 is 0 Å². The maximum absolute atomic E-state index is 12.7. The van der Waals surface area contributed by atoms with Crippen LogP contribution in [0.15, 0.2) is 24.3 Å². The number of unbranched alkanes of at least 4 members (excludes halogenated alkanes) is 24. The fraction of sp³-hybridized carbons (Fsp3) is 0.857. The molecule has 0 aromatic heterocycles. The van der Waals surface area contributed by atoms with Crippen LogP contribution in [-0.4, -0.2) is 23.1 Å². The van der Waals surface area contributed by atoms with Gasteiger partial charge in [-0.3, -0.25) is 9.59 Å². The van der Waals surface area contributed by atoms with Crippen LogP contribution < -0.4 is 0 Å². The Bertz CT molecular complexity index is 698. The van der Waals surface area contributed by atoms with E-state index in [2.05, 4.69) is 38.2 Å². The van der Waals surface area contributed by atoms with Crippen molar-refractivity contribution in [1.82, 2.24) is 0 Å². The molecule has 0 aromatic carbocycles. The van der Waals surface area contributed by atoms with Gasteiger partial charge in [0, 0.05) is 12.8 Å². The molecule has 0 spiro atoms. The van der Waals surface area contributed by atoms with Gasteiger partial charge < -0.3 is 9.84 Å². The van der Waals surface area contributed by atoms with Crippen LogP contribution in [0.4, 0.5) is 0 Å². The fourth-order valence-corrected chi connectivity index (χ4v) is 6.16. The molecule has 1 atom stereocenters. The first-order valence-corrected chi connectivity index (χ1v) is 20.3. The zero-order valence-corrected chi connectivity index (χ0v) is 30.9.